The van der Waals surface area contributed by atoms with Crippen LogP contribution in [0.15, 0.2) is 18.2 Å². The van der Waals surface area contributed by atoms with E-state index in [9.17, 15) is 4.79 Å². The Labute approximate surface area is 186 Å². The normalized spacial score (nSPS) is 26.9. The first-order valence-electron chi connectivity index (χ1n) is 12.0. The molecule has 0 aromatic heterocycles. The van der Waals surface area contributed by atoms with Crippen LogP contribution in [0.1, 0.15) is 56.9 Å². The van der Waals surface area contributed by atoms with E-state index in [2.05, 4.69) is 9.80 Å². The molecule has 1 aromatic carbocycles. The predicted octanol–water partition coefficient (Wildman–Crippen LogP) is 3.66. The number of aryl methyl sites for hydroxylation is 1. The third-order valence-electron chi connectivity index (χ3n) is 7.56. The highest BCUT2D eigenvalue weighted by Crippen LogP contribution is 2.39. The maximum Gasteiger partial charge on any atom is 0.222 e. The molecule has 0 bridgehead atoms. The third-order valence-corrected chi connectivity index (χ3v) is 7.56. The van der Waals surface area contributed by atoms with Crippen LogP contribution in [0.4, 0.5) is 0 Å². The van der Waals surface area contributed by atoms with Gasteiger partial charge in [-0.3, -0.25) is 9.69 Å². The van der Waals surface area contributed by atoms with E-state index in [-0.39, 0.29) is 11.4 Å². The molecule has 0 N–H and O–H groups in total. The van der Waals surface area contributed by atoms with E-state index in [1.54, 1.807) is 14.2 Å². The molecule has 4 rings (SSSR count). The van der Waals surface area contributed by atoms with Crippen molar-refractivity contribution in [2.24, 2.45) is 0 Å². The topological polar surface area (TPSA) is 51.2 Å². The summed E-state index contributed by atoms with van der Waals surface area (Å²) in [5.41, 5.74) is 1.33. The number of nitrogens with zero attached hydrogens (tertiary/aromatic N) is 2. The lowest BCUT2D eigenvalue weighted by atomic mass is 9.87. The summed E-state index contributed by atoms with van der Waals surface area (Å²) in [6.45, 7) is 4.94. The van der Waals surface area contributed by atoms with Gasteiger partial charge >= 0.3 is 0 Å². The predicted molar refractivity (Wildman–Crippen MR) is 121 cm³/mol. The number of amides is 1. The van der Waals surface area contributed by atoms with Gasteiger partial charge in [-0.1, -0.05) is 6.07 Å². The molecule has 1 spiro atoms. The van der Waals surface area contributed by atoms with Crippen LogP contribution in [0.25, 0.3) is 0 Å². The Bertz CT molecular complexity index is 749. The third kappa shape index (κ3) is 5.17. The molecule has 3 heterocycles. The number of rotatable bonds is 7. The molecule has 1 amide bonds. The molecular formula is C25H38N2O4. The highest BCUT2D eigenvalue weighted by Gasteiger charge is 2.43. The minimum atomic E-state index is 0.263. The van der Waals surface area contributed by atoms with Crippen molar-refractivity contribution in [2.75, 3.05) is 47.0 Å². The Morgan fingerprint density at radius 3 is 2.68 bits per heavy atom. The molecule has 0 saturated carbocycles. The van der Waals surface area contributed by atoms with E-state index in [1.807, 2.05) is 18.2 Å². The maximum atomic E-state index is 13.0. The Hall–Kier alpha value is -1.79. The molecule has 6 nitrogen and oxygen atoms in total. The zero-order valence-electron chi connectivity index (χ0n) is 19.2. The number of ether oxygens (including phenoxy) is 3. The van der Waals surface area contributed by atoms with Crippen molar-refractivity contribution in [1.82, 2.24) is 9.80 Å². The van der Waals surface area contributed by atoms with Gasteiger partial charge in [0.05, 0.1) is 20.3 Å². The number of benzene rings is 1. The second-order valence-corrected chi connectivity index (χ2v) is 9.32. The fourth-order valence-corrected chi connectivity index (χ4v) is 5.77. The molecule has 2 atom stereocenters. The van der Waals surface area contributed by atoms with Gasteiger partial charge < -0.3 is 19.1 Å². The average molecular weight is 431 g/mol. The molecule has 3 fully saturated rings. The lowest BCUT2D eigenvalue weighted by Gasteiger charge is -2.39. The molecule has 3 saturated heterocycles. The fourth-order valence-electron chi connectivity index (χ4n) is 5.77. The summed E-state index contributed by atoms with van der Waals surface area (Å²) in [6, 6.07) is 5.82. The Kier molecular flexibility index (Phi) is 7.39. The first-order chi connectivity index (χ1) is 15.1. The zero-order chi connectivity index (χ0) is 21.7. The van der Waals surface area contributed by atoms with Crippen LogP contribution in [-0.4, -0.2) is 74.4 Å². The molecule has 172 valence electrons. The van der Waals surface area contributed by atoms with Crippen LogP contribution in [0.5, 0.6) is 11.5 Å². The van der Waals surface area contributed by atoms with Gasteiger partial charge in [-0.2, -0.15) is 0 Å². The van der Waals surface area contributed by atoms with E-state index in [1.165, 1.54) is 38.6 Å². The summed E-state index contributed by atoms with van der Waals surface area (Å²) < 4.78 is 16.7. The summed E-state index contributed by atoms with van der Waals surface area (Å²) in [7, 11) is 3.31. The lowest BCUT2D eigenvalue weighted by Crippen LogP contribution is -2.47. The van der Waals surface area contributed by atoms with Crippen molar-refractivity contribution in [3.63, 3.8) is 0 Å². The van der Waals surface area contributed by atoms with Crippen LogP contribution in [0.2, 0.25) is 0 Å². The SMILES string of the molecule is COc1ccc(CCC(=O)N2CCCC3(CCCN3CC3CCCO3)CC2)c(OC)c1. The monoisotopic (exact) mass is 430 g/mol. The Morgan fingerprint density at radius 2 is 1.94 bits per heavy atom. The summed E-state index contributed by atoms with van der Waals surface area (Å²) in [6.07, 6.45) is 9.97. The first kappa shape index (κ1) is 22.4. The quantitative estimate of drug-likeness (QED) is 0.661. The van der Waals surface area contributed by atoms with Crippen LogP contribution in [0, 0.1) is 0 Å². The van der Waals surface area contributed by atoms with Crippen LogP contribution in [-0.2, 0) is 16.0 Å². The summed E-state index contributed by atoms with van der Waals surface area (Å²) >= 11 is 0. The zero-order valence-corrected chi connectivity index (χ0v) is 19.2. The second kappa shape index (κ2) is 10.2. The van der Waals surface area contributed by atoms with E-state index in [0.717, 1.165) is 56.1 Å². The molecule has 31 heavy (non-hydrogen) atoms. The first-order valence-corrected chi connectivity index (χ1v) is 12.0. The van der Waals surface area contributed by atoms with Crippen LogP contribution in [0.3, 0.4) is 0 Å². The number of likely N-dealkylation sites (tertiary alicyclic amines) is 2. The Morgan fingerprint density at radius 1 is 1.10 bits per heavy atom. The number of carbonyl (C=O) groups is 1. The molecule has 6 heteroatoms. The van der Waals surface area contributed by atoms with E-state index in [4.69, 9.17) is 14.2 Å². The largest absolute Gasteiger partial charge is 0.497 e. The highest BCUT2D eigenvalue weighted by molar-refractivity contribution is 5.76. The van der Waals surface area contributed by atoms with Crippen molar-refractivity contribution >= 4 is 5.91 Å². The average Bonchev–Trinajstić information content (AvgIpc) is 3.39. The van der Waals surface area contributed by atoms with Crippen LogP contribution >= 0.6 is 0 Å². The van der Waals surface area contributed by atoms with Crippen LogP contribution < -0.4 is 9.47 Å². The van der Waals surface area contributed by atoms with Gasteiger partial charge in [-0.15, -0.1) is 0 Å². The summed E-state index contributed by atoms with van der Waals surface area (Å²) in [5.74, 6) is 1.82. The van der Waals surface area contributed by atoms with Gasteiger partial charge in [0, 0.05) is 44.3 Å². The number of hydrogen-bond acceptors (Lipinski definition) is 5. The van der Waals surface area contributed by atoms with Crippen molar-refractivity contribution in [2.45, 2.75) is 69.4 Å². The minimum Gasteiger partial charge on any atom is -0.497 e. The standard InChI is InChI=1S/C25H38N2O4/c1-29-21-9-7-20(23(18-21)30-2)8-10-24(28)26-14-4-11-25(13-16-26)12-5-15-27(25)19-22-6-3-17-31-22/h7,9,18,22H,3-6,8,10-17,19H2,1-2H3. The molecule has 3 aliphatic rings. The summed E-state index contributed by atoms with van der Waals surface area (Å²) in [5, 5.41) is 0. The number of methoxy groups -OCH3 is 2. The molecule has 3 aliphatic heterocycles. The van der Waals surface area contributed by atoms with Crippen molar-refractivity contribution in [3.8, 4) is 11.5 Å². The van der Waals surface area contributed by atoms with E-state index >= 15 is 0 Å². The lowest BCUT2D eigenvalue weighted by molar-refractivity contribution is -0.131. The van der Waals surface area contributed by atoms with Gasteiger partial charge in [0.25, 0.3) is 0 Å². The molecule has 0 radical (unpaired) electrons. The fraction of sp³-hybridized carbons (Fsp3) is 0.720. The van der Waals surface area contributed by atoms with Crippen molar-refractivity contribution in [3.05, 3.63) is 23.8 Å². The molecule has 0 aliphatic carbocycles. The van der Waals surface area contributed by atoms with Crippen molar-refractivity contribution < 1.29 is 19.0 Å². The number of hydrogen-bond donors (Lipinski definition) is 0. The van der Waals surface area contributed by atoms with E-state index in [0.29, 0.717) is 18.9 Å². The highest BCUT2D eigenvalue weighted by atomic mass is 16.5. The van der Waals surface area contributed by atoms with E-state index < -0.39 is 0 Å². The maximum absolute atomic E-state index is 13.0. The van der Waals surface area contributed by atoms with Gasteiger partial charge in [0.1, 0.15) is 11.5 Å². The smallest absolute Gasteiger partial charge is 0.222 e. The van der Waals surface area contributed by atoms with Gasteiger partial charge in [-0.05, 0) is 69.5 Å². The second-order valence-electron chi connectivity index (χ2n) is 9.32. The minimum absolute atomic E-state index is 0.263. The molecular weight excluding hydrogens is 392 g/mol. The molecule has 1 aromatic rings. The van der Waals surface area contributed by atoms with Gasteiger partial charge in [0.15, 0.2) is 0 Å². The molecule has 2 unspecified atom stereocenters. The van der Waals surface area contributed by atoms with Gasteiger partial charge in [0.2, 0.25) is 5.91 Å². The summed E-state index contributed by atoms with van der Waals surface area (Å²) in [4.78, 5) is 17.8. The van der Waals surface area contributed by atoms with Crippen molar-refractivity contribution in [1.29, 1.82) is 0 Å². The number of carbonyl (C=O) groups excluding carboxylic acids is 1. The Balaban J connectivity index is 1.32. The van der Waals surface area contributed by atoms with Gasteiger partial charge in [-0.25, -0.2) is 0 Å².